The third kappa shape index (κ3) is 3.32. The number of hydrogen-bond acceptors (Lipinski definition) is 3. The van der Waals surface area contributed by atoms with Crippen molar-refractivity contribution < 1.29 is 0 Å². The molecular weight excluding hydrogens is 558 g/mol. The van der Waals surface area contributed by atoms with Crippen LogP contribution < -0.4 is 4.90 Å². The third-order valence-electron chi connectivity index (χ3n) is 10.5. The molecule has 6 aromatic rings. The maximum absolute atomic E-state index is 5.66. The van der Waals surface area contributed by atoms with Gasteiger partial charge in [-0.15, -0.1) is 0 Å². The number of aromatic nitrogens is 2. The molecule has 0 N–H and O–H groups in total. The van der Waals surface area contributed by atoms with Crippen molar-refractivity contribution >= 4 is 28.4 Å². The molecular formula is C43H31N3. The molecule has 3 heterocycles. The van der Waals surface area contributed by atoms with E-state index < -0.39 is 5.41 Å². The van der Waals surface area contributed by atoms with Crippen LogP contribution in [0.3, 0.4) is 0 Å². The number of anilines is 2. The minimum absolute atomic E-state index is 0.448. The molecule has 2 unspecified atom stereocenters. The summed E-state index contributed by atoms with van der Waals surface area (Å²) >= 11 is 0. The first kappa shape index (κ1) is 25.8. The first-order chi connectivity index (χ1) is 22.6. The van der Waals surface area contributed by atoms with Gasteiger partial charge >= 0.3 is 0 Å². The Morgan fingerprint density at radius 1 is 0.696 bits per heavy atom. The molecule has 2 atom stereocenters. The topological polar surface area (TPSA) is 29.0 Å². The van der Waals surface area contributed by atoms with Crippen LogP contribution in [0.15, 0.2) is 139 Å². The molecule has 0 fully saturated rings. The number of allylic oxidation sites excluding steroid dienone is 4. The summed E-state index contributed by atoms with van der Waals surface area (Å²) in [6.45, 7) is 4.71. The molecule has 5 aromatic carbocycles. The van der Waals surface area contributed by atoms with E-state index in [9.17, 15) is 0 Å². The van der Waals surface area contributed by atoms with Crippen LogP contribution in [-0.4, -0.2) is 9.97 Å². The molecule has 4 aliphatic rings. The van der Waals surface area contributed by atoms with Crippen molar-refractivity contribution in [2.75, 3.05) is 4.90 Å². The normalized spacial score (nSPS) is 19.9. The largest absolute Gasteiger partial charge is 0.293 e. The lowest BCUT2D eigenvalue weighted by molar-refractivity contribution is 0.682. The van der Waals surface area contributed by atoms with Gasteiger partial charge in [-0.2, -0.15) is 0 Å². The summed E-state index contributed by atoms with van der Waals surface area (Å²) in [5.41, 5.74) is 14.1. The molecule has 3 heteroatoms. The maximum atomic E-state index is 5.66. The number of hydrogen-bond donors (Lipinski definition) is 0. The summed E-state index contributed by atoms with van der Waals surface area (Å²) in [6, 6.07) is 39.3. The zero-order valence-corrected chi connectivity index (χ0v) is 25.8. The van der Waals surface area contributed by atoms with E-state index in [1.807, 2.05) is 0 Å². The Balaban J connectivity index is 1.40. The smallest absolute Gasteiger partial charge is 0.162 e. The number of fused-ring (bicyclic) bond motifs is 8. The monoisotopic (exact) mass is 589 g/mol. The maximum Gasteiger partial charge on any atom is 0.162 e. The second-order valence-electron chi connectivity index (χ2n) is 13.2. The third-order valence-corrected chi connectivity index (χ3v) is 10.5. The average Bonchev–Trinajstić information content (AvgIpc) is 3.25. The van der Waals surface area contributed by atoms with Gasteiger partial charge in [-0.05, 0) is 69.5 Å². The van der Waals surface area contributed by atoms with E-state index in [1.54, 1.807) is 0 Å². The minimum atomic E-state index is -0.448. The second-order valence-corrected chi connectivity index (χ2v) is 13.2. The summed E-state index contributed by atoms with van der Waals surface area (Å²) in [4.78, 5) is 13.7. The Hall–Kier alpha value is -5.54. The van der Waals surface area contributed by atoms with Gasteiger partial charge in [0.25, 0.3) is 0 Å². The van der Waals surface area contributed by atoms with E-state index in [4.69, 9.17) is 9.97 Å². The molecule has 218 valence electrons. The molecule has 10 rings (SSSR count). The molecule has 0 radical (unpaired) electrons. The minimum Gasteiger partial charge on any atom is -0.293 e. The molecule has 0 saturated heterocycles. The Bertz CT molecular complexity index is 2370. The van der Waals surface area contributed by atoms with Gasteiger partial charge in [-0.3, -0.25) is 4.90 Å². The van der Waals surface area contributed by atoms with Crippen molar-refractivity contribution in [2.24, 2.45) is 5.92 Å². The number of nitrogens with zero attached hydrogens (tertiary/aromatic N) is 3. The fraction of sp³-hybridized carbons (Fsp3) is 0.116. The van der Waals surface area contributed by atoms with Crippen LogP contribution in [0.2, 0.25) is 0 Å². The van der Waals surface area contributed by atoms with Gasteiger partial charge in [-0.25, -0.2) is 9.97 Å². The van der Waals surface area contributed by atoms with Crippen LogP contribution in [0.4, 0.5) is 11.5 Å². The quantitative estimate of drug-likeness (QED) is 0.201. The van der Waals surface area contributed by atoms with Gasteiger partial charge in [0.05, 0.1) is 22.5 Å². The van der Waals surface area contributed by atoms with Gasteiger partial charge in [0.1, 0.15) is 5.82 Å². The van der Waals surface area contributed by atoms with Crippen LogP contribution in [0, 0.1) is 5.92 Å². The van der Waals surface area contributed by atoms with Gasteiger partial charge in [0.15, 0.2) is 5.82 Å². The molecule has 46 heavy (non-hydrogen) atoms. The Morgan fingerprint density at radius 3 is 2.39 bits per heavy atom. The summed E-state index contributed by atoms with van der Waals surface area (Å²) in [7, 11) is 0. The molecule has 2 aliphatic heterocycles. The first-order valence-corrected chi connectivity index (χ1v) is 16.2. The van der Waals surface area contributed by atoms with Crippen molar-refractivity contribution in [3.8, 4) is 33.8 Å². The summed E-state index contributed by atoms with van der Waals surface area (Å²) in [6.07, 6.45) is 10.4. The van der Waals surface area contributed by atoms with E-state index in [1.165, 1.54) is 55.7 Å². The SMILES string of the molecule is CC1C=CC2=C(C=Cc3ccc4c5c3N2c2nc(-c3cccc6ccccc36)nc(-c3ccccc3)c2C5(C)c2ccccc2-4)C1. The van der Waals surface area contributed by atoms with Gasteiger partial charge in [-0.1, -0.05) is 134 Å². The molecule has 0 spiro atoms. The van der Waals surface area contributed by atoms with Crippen molar-refractivity contribution in [3.05, 3.63) is 161 Å². The summed E-state index contributed by atoms with van der Waals surface area (Å²) in [5.74, 6) is 2.20. The zero-order valence-electron chi connectivity index (χ0n) is 25.8. The van der Waals surface area contributed by atoms with Crippen molar-refractivity contribution in [1.29, 1.82) is 0 Å². The highest BCUT2D eigenvalue weighted by molar-refractivity contribution is 6.02. The fourth-order valence-corrected chi connectivity index (χ4v) is 8.46. The lowest BCUT2D eigenvalue weighted by Gasteiger charge is -2.43. The molecule has 0 saturated carbocycles. The van der Waals surface area contributed by atoms with Crippen molar-refractivity contribution in [1.82, 2.24) is 9.97 Å². The number of rotatable bonds is 2. The highest BCUT2D eigenvalue weighted by Gasteiger charge is 2.52. The molecule has 0 bridgehead atoms. The standard InChI is InChI=1S/C43H31N3/c1-26-19-24-36-30(25-26)21-20-29-22-23-33-32-16-8-9-18-35(32)43(2)37(33)40(29)46(36)42-38(43)39(28-12-4-3-5-13-28)44-41(45-42)34-17-10-14-27-11-6-7-15-31(27)34/h3-24,26H,25H2,1-2H3. The van der Waals surface area contributed by atoms with Crippen LogP contribution in [0.5, 0.6) is 0 Å². The highest BCUT2D eigenvalue weighted by atomic mass is 15.2. The Kier molecular flexibility index (Phi) is 5.18. The molecule has 2 aliphatic carbocycles. The van der Waals surface area contributed by atoms with Gasteiger partial charge < -0.3 is 0 Å². The van der Waals surface area contributed by atoms with Gasteiger partial charge in [0, 0.05) is 16.7 Å². The lowest BCUT2D eigenvalue weighted by Crippen LogP contribution is -2.36. The van der Waals surface area contributed by atoms with Crippen LogP contribution in [0.25, 0.3) is 50.6 Å². The Labute approximate surface area is 268 Å². The van der Waals surface area contributed by atoms with Crippen LogP contribution in [0.1, 0.15) is 42.5 Å². The predicted octanol–water partition coefficient (Wildman–Crippen LogP) is 10.6. The van der Waals surface area contributed by atoms with Crippen molar-refractivity contribution in [2.45, 2.75) is 25.7 Å². The second kappa shape index (κ2) is 9.24. The summed E-state index contributed by atoms with van der Waals surface area (Å²) in [5, 5.41) is 2.34. The predicted molar refractivity (Wildman–Crippen MR) is 189 cm³/mol. The number of benzene rings is 5. The van der Waals surface area contributed by atoms with E-state index in [-0.39, 0.29) is 0 Å². The van der Waals surface area contributed by atoms with Crippen LogP contribution >= 0.6 is 0 Å². The van der Waals surface area contributed by atoms with E-state index in [0.29, 0.717) is 5.92 Å². The lowest BCUT2D eigenvalue weighted by atomic mass is 9.69. The molecule has 1 aromatic heterocycles. The molecule has 3 nitrogen and oxygen atoms in total. The fourth-order valence-electron chi connectivity index (χ4n) is 8.46. The van der Waals surface area contributed by atoms with E-state index in [0.717, 1.165) is 40.3 Å². The van der Waals surface area contributed by atoms with Crippen molar-refractivity contribution in [3.63, 3.8) is 0 Å². The zero-order chi connectivity index (χ0) is 30.6. The molecule has 0 amide bonds. The van der Waals surface area contributed by atoms with Crippen LogP contribution in [-0.2, 0) is 5.41 Å². The van der Waals surface area contributed by atoms with E-state index in [2.05, 4.69) is 152 Å². The van der Waals surface area contributed by atoms with Gasteiger partial charge in [0.2, 0.25) is 0 Å². The average molecular weight is 590 g/mol. The highest BCUT2D eigenvalue weighted by Crippen LogP contribution is 2.64. The first-order valence-electron chi connectivity index (χ1n) is 16.2. The Morgan fingerprint density at radius 2 is 1.48 bits per heavy atom. The van der Waals surface area contributed by atoms with E-state index >= 15 is 0 Å². The summed E-state index contributed by atoms with van der Waals surface area (Å²) < 4.78 is 0.